The van der Waals surface area contributed by atoms with E-state index in [9.17, 15) is 4.79 Å². The van der Waals surface area contributed by atoms with E-state index in [0.717, 1.165) is 18.2 Å². The molecule has 1 amide bonds. The summed E-state index contributed by atoms with van der Waals surface area (Å²) in [7, 11) is 1.54. The fourth-order valence-corrected chi connectivity index (χ4v) is 2.63. The zero-order valence-corrected chi connectivity index (χ0v) is 11.3. The molecule has 0 unspecified atom stereocenters. The Kier molecular flexibility index (Phi) is 3.66. The molecule has 0 atom stereocenters. The molecule has 1 aliphatic rings. The molecule has 1 aliphatic carbocycles. The highest BCUT2D eigenvalue weighted by molar-refractivity contribution is 9.09. The second-order valence-electron chi connectivity index (χ2n) is 4.30. The van der Waals surface area contributed by atoms with E-state index in [1.54, 1.807) is 18.5 Å². The van der Waals surface area contributed by atoms with E-state index < -0.39 is 0 Å². The van der Waals surface area contributed by atoms with E-state index >= 15 is 0 Å². The fourth-order valence-electron chi connectivity index (χ4n) is 1.93. The van der Waals surface area contributed by atoms with Crippen molar-refractivity contribution in [1.82, 2.24) is 10.3 Å². The molecule has 1 heterocycles. The molecule has 2 rings (SSSR count). The molecule has 1 saturated carbocycles. The van der Waals surface area contributed by atoms with Gasteiger partial charge in [-0.1, -0.05) is 15.9 Å². The van der Waals surface area contributed by atoms with Gasteiger partial charge in [-0.3, -0.25) is 9.78 Å². The number of carbonyl (C=O) groups excluding carboxylic acids is 1. The van der Waals surface area contributed by atoms with E-state index in [4.69, 9.17) is 4.74 Å². The number of methoxy groups -OCH3 is 1. The van der Waals surface area contributed by atoms with E-state index in [2.05, 4.69) is 26.2 Å². The average Bonchev–Trinajstić information content (AvgIpc) is 2.33. The Morgan fingerprint density at radius 2 is 2.41 bits per heavy atom. The Hall–Kier alpha value is -1.10. The maximum absolute atomic E-state index is 12.2. The van der Waals surface area contributed by atoms with Crippen LogP contribution in [0.2, 0.25) is 0 Å². The lowest BCUT2D eigenvalue weighted by molar-refractivity contribution is 0.0853. The van der Waals surface area contributed by atoms with Gasteiger partial charge in [0, 0.05) is 11.5 Å². The van der Waals surface area contributed by atoms with Crippen LogP contribution in [-0.2, 0) is 0 Å². The molecule has 0 bridgehead atoms. The van der Waals surface area contributed by atoms with E-state index in [1.165, 1.54) is 13.5 Å². The second kappa shape index (κ2) is 5.04. The van der Waals surface area contributed by atoms with Crippen LogP contribution in [0.4, 0.5) is 0 Å². The molecular formula is C12H15BrN2O2. The highest BCUT2D eigenvalue weighted by Gasteiger charge is 2.37. The van der Waals surface area contributed by atoms with E-state index in [1.807, 2.05) is 0 Å². The molecule has 0 radical (unpaired) electrons. The van der Waals surface area contributed by atoms with Crippen LogP contribution in [0.3, 0.4) is 0 Å². The predicted molar refractivity (Wildman–Crippen MR) is 68.6 cm³/mol. The van der Waals surface area contributed by atoms with Crippen LogP contribution in [-0.4, -0.2) is 28.9 Å². The van der Waals surface area contributed by atoms with Gasteiger partial charge in [0.2, 0.25) is 0 Å². The monoisotopic (exact) mass is 298 g/mol. The number of aromatic nitrogens is 1. The Bertz CT molecular complexity index is 413. The summed E-state index contributed by atoms with van der Waals surface area (Å²) < 4.78 is 5.13. The van der Waals surface area contributed by atoms with Crippen molar-refractivity contribution in [3.05, 3.63) is 24.0 Å². The first kappa shape index (κ1) is 12.4. The molecule has 1 N–H and O–H groups in total. The first-order valence-corrected chi connectivity index (χ1v) is 6.69. The third kappa shape index (κ3) is 2.44. The van der Waals surface area contributed by atoms with Crippen molar-refractivity contribution in [3.8, 4) is 5.75 Å². The largest absolute Gasteiger partial charge is 0.494 e. The Balaban J connectivity index is 2.14. The highest BCUT2D eigenvalue weighted by atomic mass is 79.9. The standard InChI is InChI=1S/C12H15BrN2O2/c1-17-10-7-14-6-3-9(10)11(16)15-12(8-13)4-2-5-12/h3,6-7H,2,4-5,8H2,1H3,(H,15,16). The SMILES string of the molecule is COc1cnccc1C(=O)NC1(CBr)CCC1. The van der Waals surface area contributed by atoms with Gasteiger partial charge in [-0.05, 0) is 25.3 Å². The quantitative estimate of drug-likeness (QED) is 0.867. The van der Waals surface area contributed by atoms with Gasteiger partial charge in [0.25, 0.3) is 5.91 Å². The van der Waals surface area contributed by atoms with Gasteiger partial charge in [0.05, 0.1) is 24.4 Å². The average molecular weight is 299 g/mol. The number of nitrogens with one attached hydrogen (secondary N) is 1. The minimum absolute atomic E-state index is 0.0780. The lowest BCUT2D eigenvalue weighted by atomic mass is 9.78. The molecule has 4 nitrogen and oxygen atoms in total. The number of carbonyl (C=O) groups is 1. The van der Waals surface area contributed by atoms with Crippen LogP contribution in [0.1, 0.15) is 29.6 Å². The van der Waals surface area contributed by atoms with Gasteiger partial charge in [0.15, 0.2) is 0 Å². The van der Waals surface area contributed by atoms with Gasteiger partial charge < -0.3 is 10.1 Å². The third-order valence-electron chi connectivity index (χ3n) is 3.19. The number of halogens is 1. The van der Waals surface area contributed by atoms with Crippen LogP contribution in [0.5, 0.6) is 5.75 Å². The first-order chi connectivity index (χ1) is 8.21. The summed E-state index contributed by atoms with van der Waals surface area (Å²) in [4.78, 5) is 16.1. The summed E-state index contributed by atoms with van der Waals surface area (Å²) in [5.74, 6) is 0.414. The maximum Gasteiger partial charge on any atom is 0.255 e. The molecule has 0 spiro atoms. The molecule has 5 heteroatoms. The van der Waals surface area contributed by atoms with Gasteiger partial charge in [0.1, 0.15) is 5.75 Å². The number of nitrogens with zero attached hydrogens (tertiary/aromatic N) is 1. The fraction of sp³-hybridized carbons (Fsp3) is 0.500. The van der Waals surface area contributed by atoms with Crippen molar-refractivity contribution < 1.29 is 9.53 Å². The molecule has 92 valence electrons. The number of pyridine rings is 1. The molecule has 1 aromatic heterocycles. The molecule has 1 aromatic rings. The van der Waals surface area contributed by atoms with E-state index in [-0.39, 0.29) is 11.4 Å². The lowest BCUT2D eigenvalue weighted by Gasteiger charge is -2.41. The predicted octanol–water partition coefficient (Wildman–Crippen LogP) is 2.14. The van der Waals surface area contributed by atoms with Crippen LogP contribution < -0.4 is 10.1 Å². The van der Waals surface area contributed by atoms with Crippen LogP contribution in [0.25, 0.3) is 0 Å². The molecule has 0 aromatic carbocycles. The van der Waals surface area contributed by atoms with Crippen molar-refractivity contribution in [2.24, 2.45) is 0 Å². The molecule has 0 aliphatic heterocycles. The van der Waals surface area contributed by atoms with Crippen molar-refractivity contribution in [3.63, 3.8) is 0 Å². The zero-order valence-electron chi connectivity index (χ0n) is 9.70. The summed E-state index contributed by atoms with van der Waals surface area (Å²) in [6, 6.07) is 1.68. The smallest absolute Gasteiger partial charge is 0.255 e. The Morgan fingerprint density at radius 1 is 1.65 bits per heavy atom. The van der Waals surface area contributed by atoms with Crippen LogP contribution in [0.15, 0.2) is 18.5 Å². The molecule has 17 heavy (non-hydrogen) atoms. The minimum Gasteiger partial charge on any atom is -0.494 e. The summed E-state index contributed by atoms with van der Waals surface area (Å²) in [5, 5.41) is 3.87. The minimum atomic E-state index is -0.0941. The topological polar surface area (TPSA) is 51.2 Å². The van der Waals surface area contributed by atoms with Gasteiger partial charge in [-0.15, -0.1) is 0 Å². The Labute approximate surface area is 109 Å². The first-order valence-electron chi connectivity index (χ1n) is 5.57. The lowest BCUT2D eigenvalue weighted by Crippen LogP contribution is -2.54. The van der Waals surface area contributed by atoms with Gasteiger partial charge >= 0.3 is 0 Å². The van der Waals surface area contributed by atoms with Crippen LogP contribution in [0, 0.1) is 0 Å². The Morgan fingerprint density at radius 3 is 2.94 bits per heavy atom. The summed E-state index contributed by atoms with van der Waals surface area (Å²) >= 11 is 3.46. The number of amides is 1. The highest BCUT2D eigenvalue weighted by Crippen LogP contribution is 2.34. The van der Waals surface area contributed by atoms with Crippen LogP contribution >= 0.6 is 15.9 Å². The number of ether oxygens (including phenoxy) is 1. The maximum atomic E-state index is 12.2. The van der Waals surface area contributed by atoms with Gasteiger partial charge in [-0.25, -0.2) is 0 Å². The number of hydrogen-bond acceptors (Lipinski definition) is 3. The van der Waals surface area contributed by atoms with Gasteiger partial charge in [-0.2, -0.15) is 0 Å². The summed E-state index contributed by atoms with van der Waals surface area (Å²) in [6.45, 7) is 0. The van der Waals surface area contributed by atoms with Crippen molar-refractivity contribution in [2.45, 2.75) is 24.8 Å². The normalized spacial score (nSPS) is 17.1. The molecule has 1 fully saturated rings. The van der Waals surface area contributed by atoms with E-state index in [0.29, 0.717) is 11.3 Å². The zero-order chi connectivity index (χ0) is 12.3. The summed E-state index contributed by atoms with van der Waals surface area (Å²) in [6.07, 6.45) is 6.36. The van der Waals surface area contributed by atoms with Crippen molar-refractivity contribution in [2.75, 3.05) is 12.4 Å². The number of alkyl halides is 1. The number of hydrogen-bond donors (Lipinski definition) is 1. The third-order valence-corrected chi connectivity index (χ3v) is 4.27. The summed E-state index contributed by atoms with van der Waals surface area (Å²) in [5.41, 5.74) is 0.459. The van der Waals surface area contributed by atoms with Crippen molar-refractivity contribution in [1.29, 1.82) is 0 Å². The molecule has 0 saturated heterocycles. The molecular weight excluding hydrogens is 284 g/mol. The van der Waals surface area contributed by atoms with Crippen molar-refractivity contribution >= 4 is 21.8 Å². The second-order valence-corrected chi connectivity index (χ2v) is 4.86. The number of rotatable bonds is 4.